The van der Waals surface area contributed by atoms with Crippen LogP contribution in [0.3, 0.4) is 0 Å². The van der Waals surface area contributed by atoms with E-state index in [1.54, 1.807) is 4.90 Å². The molecule has 1 atom stereocenters. The van der Waals surface area contributed by atoms with E-state index < -0.39 is 6.10 Å². The molecule has 0 spiro atoms. The van der Waals surface area contributed by atoms with E-state index in [0.29, 0.717) is 26.1 Å². The lowest BCUT2D eigenvalue weighted by Crippen LogP contribution is -2.45. The highest BCUT2D eigenvalue weighted by atomic mass is 16.5. The van der Waals surface area contributed by atoms with Crippen LogP contribution in [0.25, 0.3) is 0 Å². The van der Waals surface area contributed by atoms with Crippen molar-refractivity contribution in [3.63, 3.8) is 0 Å². The molecule has 1 saturated heterocycles. The number of nitriles is 1. The van der Waals surface area contributed by atoms with Gasteiger partial charge in [0.1, 0.15) is 0 Å². The molecule has 1 heterocycles. The number of carbonyl (C=O) groups is 1. The molecule has 4 heteroatoms. The molecule has 0 radical (unpaired) electrons. The summed E-state index contributed by atoms with van der Waals surface area (Å²) >= 11 is 0. The third-order valence-electron chi connectivity index (χ3n) is 4.06. The fraction of sp³-hybridized carbons (Fsp3) is 0.882. The molecule has 21 heavy (non-hydrogen) atoms. The first-order valence-electron chi connectivity index (χ1n) is 8.57. The van der Waals surface area contributed by atoms with E-state index >= 15 is 0 Å². The van der Waals surface area contributed by atoms with Gasteiger partial charge in [0.05, 0.1) is 19.2 Å². The average Bonchev–Trinajstić information content (AvgIpc) is 2.53. The summed E-state index contributed by atoms with van der Waals surface area (Å²) in [6, 6.07) is 2.08. The topological polar surface area (TPSA) is 53.3 Å². The minimum Gasteiger partial charge on any atom is -0.360 e. The van der Waals surface area contributed by atoms with Gasteiger partial charge in [-0.3, -0.25) is 4.79 Å². The Morgan fingerprint density at radius 1 is 1.14 bits per heavy atom. The molecule has 0 N–H and O–H groups in total. The van der Waals surface area contributed by atoms with Crippen molar-refractivity contribution < 1.29 is 9.53 Å². The highest BCUT2D eigenvalue weighted by Gasteiger charge is 2.23. The van der Waals surface area contributed by atoms with Gasteiger partial charge in [-0.15, -0.1) is 0 Å². The van der Waals surface area contributed by atoms with Gasteiger partial charge in [0.15, 0.2) is 6.10 Å². The quantitative estimate of drug-likeness (QED) is 0.578. The SMILES string of the molecule is CCCCCCCCCCCC(=O)N1CCOC(C#N)C1. The van der Waals surface area contributed by atoms with Crippen LogP contribution in [0.5, 0.6) is 0 Å². The molecule has 1 rings (SSSR count). The zero-order valence-electron chi connectivity index (χ0n) is 13.5. The third-order valence-corrected chi connectivity index (χ3v) is 4.06. The van der Waals surface area contributed by atoms with Crippen molar-refractivity contribution in [1.82, 2.24) is 4.90 Å². The summed E-state index contributed by atoms with van der Waals surface area (Å²) in [5, 5.41) is 8.83. The molecule has 0 aromatic carbocycles. The van der Waals surface area contributed by atoms with Gasteiger partial charge in [0.2, 0.25) is 5.91 Å². The summed E-state index contributed by atoms with van der Waals surface area (Å²) in [4.78, 5) is 13.8. The Morgan fingerprint density at radius 3 is 2.38 bits per heavy atom. The molecule has 0 aliphatic carbocycles. The van der Waals surface area contributed by atoms with Crippen LogP contribution in [-0.2, 0) is 9.53 Å². The molecule has 1 amide bonds. The van der Waals surface area contributed by atoms with Crippen molar-refractivity contribution in [2.75, 3.05) is 19.7 Å². The van der Waals surface area contributed by atoms with Crippen molar-refractivity contribution in [1.29, 1.82) is 5.26 Å². The van der Waals surface area contributed by atoms with Gasteiger partial charge in [0.25, 0.3) is 0 Å². The largest absolute Gasteiger partial charge is 0.360 e. The average molecular weight is 294 g/mol. The standard InChI is InChI=1S/C17H30N2O2/c1-2-3-4-5-6-7-8-9-10-11-17(20)19-12-13-21-16(14-18)15-19/h16H,2-13,15H2,1H3. The van der Waals surface area contributed by atoms with E-state index in [1.807, 2.05) is 0 Å². The molecule has 1 aliphatic heterocycles. The fourth-order valence-electron chi connectivity index (χ4n) is 2.70. The minimum absolute atomic E-state index is 0.182. The van der Waals surface area contributed by atoms with Gasteiger partial charge in [-0.25, -0.2) is 0 Å². The minimum atomic E-state index is -0.439. The van der Waals surface area contributed by atoms with E-state index in [0.717, 1.165) is 12.8 Å². The van der Waals surface area contributed by atoms with Crippen LogP contribution >= 0.6 is 0 Å². The number of rotatable bonds is 10. The van der Waals surface area contributed by atoms with Crippen LogP contribution in [0.2, 0.25) is 0 Å². The molecule has 0 saturated carbocycles. The lowest BCUT2D eigenvalue weighted by atomic mass is 10.1. The maximum Gasteiger partial charge on any atom is 0.222 e. The van der Waals surface area contributed by atoms with Gasteiger partial charge in [-0.2, -0.15) is 5.26 Å². The molecule has 0 bridgehead atoms. The number of amides is 1. The fourth-order valence-corrected chi connectivity index (χ4v) is 2.70. The molecule has 1 aliphatic rings. The molecule has 4 nitrogen and oxygen atoms in total. The van der Waals surface area contributed by atoms with Crippen molar-refractivity contribution in [3.05, 3.63) is 0 Å². The summed E-state index contributed by atoms with van der Waals surface area (Å²) in [5.74, 6) is 0.182. The third kappa shape index (κ3) is 8.06. The maximum absolute atomic E-state index is 12.0. The monoisotopic (exact) mass is 294 g/mol. The first-order valence-corrected chi connectivity index (χ1v) is 8.57. The van der Waals surface area contributed by atoms with Crippen LogP contribution in [0.1, 0.15) is 71.1 Å². The van der Waals surface area contributed by atoms with E-state index in [-0.39, 0.29) is 5.91 Å². The Labute approximate surface area is 129 Å². The number of hydrogen-bond acceptors (Lipinski definition) is 3. The Morgan fingerprint density at radius 2 is 1.76 bits per heavy atom. The first kappa shape index (κ1) is 18.0. The Bertz CT molecular complexity index is 325. The van der Waals surface area contributed by atoms with Crippen molar-refractivity contribution >= 4 is 5.91 Å². The zero-order chi connectivity index (χ0) is 15.3. The molecular weight excluding hydrogens is 264 g/mol. The first-order chi connectivity index (χ1) is 10.3. The van der Waals surface area contributed by atoms with Crippen LogP contribution in [-0.4, -0.2) is 36.6 Å². The van der Waals surface area contributed by atoms with Gasteiger partial charge in [-0.05, 0) is 6.42 Å². The van der Waals surface area contributed by atoms with Crippen LogP contribution in [0, 0.1) is 11.3 Å². The number of hydrogen-bond donors (Lipinski definition) is 0. The molecule has 1 unspecified atom stereocenters. The summed E-state index contributed by atoms with van der Waals surface area (Å²) < 4.78 is 5.25. The lowest BCUT2D eigenvalue weighted by molar-refractivity contribution is -0.137. The number of morpholine rings is 1. The van der Waals surface area contributed by atoms with E-state index in [4.69, 9.17) is 10.00 Å². The molecule has 120 valence electrons. The predicted molar refractivity (Wildman–Crippen MR) is 83.8 cm³/mol. The van der Waals surface area contributed by atoms with Crippen molar-refractivity contribution in [3.8, 4) is 6.07 Å². The second kappa shape index (κ2) is 11.6. The molecular formula is C17H30N2O2. The lowest BCUT2D eigenvalue weighted by Gasteiger charge is -2.29. The van der Waals surface area contributed by atoms with Crippen molar-refractivity contribution in [2.24, 2.45) is 0 Å². The highest BCUT2D eigenvalue weighted by Crippen LogP contribution is 2.12. The Kier molecular flexibility index (Phi) is 9.90. The van der Waals surface area contributed by atoms with Gasteiger partial charge >= 0.3 is 0 Å². The number of carbonyl (C=O) groups excluding carboxylic acids is 1. The second-order valence-electron chi connectivity index (χ2n) is 5.91. The van der Waals surface area contributed by atoms with Crippen molar-refractivity contribution in [2.45, 2.75) is 77.2 Å². The molecule has 0 aromatic heterocycles. The maximum atomic E-state index is 12.0. The van der Waals surface area contributed by atoms with Crippen LogP contribution < -0.4 is 0 Å². The van der Waals surface area contributed by atoms with Crippen LogP contribution in [0.4, 0.5) is 0 Å². The normalized spacial score (nSPS) is 18.5. The van der Waals surface area contributed by atoms with Gasteiger partial charge in [0, 0.05) is 13.0 Å². The Hall–Kier alpha value is -1.08. The molecule has 0 aromatic rings. The van der Waals surface area contributed by atoms with E-state index in [9.17, 15) is 4.79 Å². The highest BCUT2D eigenvalue weighted by molar-refractivity contribution is 5.76. The smallest absolute Gasteiger partial charge is 0.222 e. The van der Waals surface area contributed by atoms with Crippen LogP contribution in [0.15, 0.2) is 0 Å². The van der Waals surface area contributed by atoms with Gasteiger partial charge < -0.3 is 9.64 Å². The van der Waals surface area contributed by atoms with Gasteiger partial charge in [-0.1, -0.05) is 58.3 Å². The number of unbranched alkanes of at least 4 members (excludes halogenated alkanes) is 8. The summed E-state index contributed by atoms with van der Waals surface area (Å²) in [5.41, 5.74) is 0. The number of nitrogens with zero attached hydrogens (tertiary/aromatic N) is 2. The summed E-state index contributed by atoms with van der Waals surface area (Å²) in [6.45, 7) is 3.80. The zero-order valence-corrected chi connectivity index (χ0v) is 13.5. The van der Waals surface area contributed by atoms with E-state index in [2.05, 4.69) is 13.0 Å². The summed E-state index contributed by atoms with van der Waals surface area (Å²) in [6.07, 6.45) is 11.6. The summed E-state index contributed by atoms with van der Waals surface area (Å²) in [7, 11) is 0. The van der Waals surface area contributed by atoms with E-state index in [1.165, 1.54) is 44.9 Å². The number of ether oxygens (including phenoxy) is 1. The Balaban J connectivity index is 1.97. The predicted octanol–water partition coefficient (Wildman–Crippen LogP) is 3.66. The second-order valence-corrected chi connectivity index (χ2v) is 5.91. The molecule has 1 fully saturated rings.